The number of hydrogen-bond donors (Lipinski definition) is 0. The molecule has 1 atom stereocenters. The molecule has 0 spiro atoms. The van der Waals surface area contributed by atoms with Gasteiger partial charge in [0.15, 0.2) is 0 Å². The van der Waals surface area contributed by atoms with Crippen molar-refractivity contribution in [2.75, 3.05) is 0 Å². The molecule has 15 heavy (non-hydrogen) atoms. The van der Waals surface area contributed by atoms with E-state index < -0.39 is 0 Å². The Bertz CT molecular complexity index is 535. The Morgan fingerprint density at radius 2 is 1.73 bits per heavy atom. The van der Waals surface area contributed by atoms with E-state index in [2.05, 4.69) is 37.3 Å². The largest absolute Gasteiger partial charge is 0.198 e. The van der Waals surface area contributed by atoms with Gasteiger partial charge in [-0.05, 0) is 35.7 Å². The first-order valence-corrected chi connectivity index (χ1v) is 5.12. The predicted molar refractivity (Wildman–Crippen MR) is 62.7 cm³/mol. The lowest BCUT2D eigenvalue weighted by molar-refractivity contribution is 0.993. The molecule has 2 rings (SSSR count). The Morgan fingerprint density at radius 1 is 1.07 bits per heavy atom. The monoisotopic (exact) mass is 195 g/mol. The van der Waals surface area contributed by atoms with Crippen molar-refractivity contribution in [3.05, 3.63) is 47.5 Å². The van der Waals surface area contributed by atoms with Crippen molar-refractivity contribution in [1.82, 2.24) is 0 Å². The lowest BCUT2D eigenvalue weighted by Gasteiger charge is -2.09. The molecule has 74 valence electrons. The predicted octanol–water partition coefficient (Wildman–Crippen LogP) is 3.78. The van der Waals surface area contributed by atoms with Gasteiger partial charge in [0.2, 0.25) is 0 Å². The van der Waals surface area contributed by atoms with Crippen LogP contribution in [0.3, 0.4) is 0 Å². The summed E-state index contributed by atoms with van der Waals surface area (Å²) in [6, 6.07) is 14.7. The molecule has 0 aromatic heterocycles. The number of fused-ring (bicyclic) bond motifs is 1. The van der Waals surface area contributed by atoms with Gasteiger partial charge in [-0.25, -0.2) is 0 Å². The fraction of sp³-hybridized carbons (Fsp3) is 0.214. The van der Waals surface area contributed by atoms with Gasteiger partial charge in [-0.15, -0.1) is 0 Å². The maximum atomic E-state index is 8.97. The van der Waals surface area contributed by atoms with Gasteiger partial charge >= 0.3 is 0 Å². The Balaban J connectivity index is 2.78. The summed E-state index contributed by atoms with van der Waals surface area (Å²) in [5.74, 6) is -0.0458. The van der Waals surface area contributed by atoms with Crippen LogP contribution in [-0.4, -0.2) is 0 Å². The highest BCUT2D eigenvalue weighted by atomic mass is 14.3. The highest BCUT2D eigenvalue weighted by Crippen LogP contribution is 2.27. The average molecular weight is 195 g/mol. The molecule has 0 radical (unpaired) electrons. The Labute approximate surface area is 90.0 Å². The first-order valence-electron chi connectivity index (χ1n) is 5.12. The maximum Gasteiger partial charge on any atom is 0.0701 e. The number of nitriles is 1. The number of aryl methyl sites for hydroxylation is 1. The van der Waals surface area contributed by atoms with Crippen molar-refractivity contribution < 1.29 is 0 Å². The van der Waals surface area contributed by atoms with E-state index in [1.165, 1.54) is 16.3 Å². The molecule has 0 fully saturated rings. The highest BCUT2D eigenvalue weighted by molar-refractivity contribution is 5.89. The molecule has 0 bridgehead atoms. The summed E-state index contributed by atoms with van der Waals surface area (Å²) in [4.78, 5) is 0. The number of nitrogens with zero attached hydrogens (tertiary/aromatic N) is 1. The van der Waals surface area contributed by atoms with Gasteiger partial charge in [-0.1, -0.05) is 36.4 Å². The normalized spacial score (nSPS) is 12.3. The third-order valence-electron chi connectivity index (χ3n) is 2.84. The van der Waals surface area contributed by atoms with Crippen molar-refractivity contribution in [3.63, 3.8) is 0 Å². The van der Waals surface area contributed by atoms with Crippen LogP contribution in [0.5, 0.6) is 0 Å². The Morgan fingerprint density at radius 3 is 2.40 bits per heavy atom. The third kappa shape index (κ3) is 1.59. The molecular formula is C14H13N. The zero-order valence-corrected chi connectivity index (χ0v) is 8.99. The van der Waals surface area contributed by atoms with E-state index in [0.717, 1.165) is 5.56 Å². The van der Waals surface area contributed by atoms with E-state index in [9.17, 15) is 0 Å². The summed E-state index contributed by atoms with van der Waals surface area (Å²) in [5.41, 5.74) is 2.39. The first-order chi connectivity index (χ1) is 7.24. The van der Waals surface area contributed by atoms with Crippen molar-refractivity contribution in [3.8, 4) is 6.07 Å². The van der Waals surface area contributed by atoms with Gasteiger partial charge in [0.05, 0.1) is 12.0 Å². The van der Waals surface area contributed by atoms with Crippen molar-refractivity contribution >= 4 is 10.8 Å². The molecule has 0 saturated carbocycles. The van der Waals surface area contributed by atoms with Crippen molar-refractivity contribution in [2.45, 2.75) is 19.8 Å². The zero-order valence-electron chi connectivity index (χ0n) is 8.99. The molecule has 0 aliphatic carbocycles. The van der Waals surface area contributed by atoms with Gasteiger partial charge in [-0.2, -0.15) is 5.26 Å². The SMILES string of the molecule is Cc1ccc([C@@H](C)C#N)c2ccccc12. The quantitative estimate of drug-likeness (QED) is 0.679. The minimum Gasteiger partial charge on any atom is -0.198 e. The van der Waals surface area contributed by atoms with Crippen LogP contribution < -0.4 is 0 Å². The molecule has 2 aromatic rings. The topological polar surface area (TPSA) is 23.8 Å². The van der Waals surface area contributed by atoms with Gasteiger partial charge in [0, 0.05) is 0 Å². The summed E-state index contributed by atoms with van der Waals surface area (Å²) in [6.45, 7) is 4.04. The second kappa shape index (κ2) is 3.74. The standard InChI is InChI=1S/C14H13N/c1-10-7-8-13(11(2)9-15)14-6-4-3-5-12(10)14/h3-8,11H,1-2H3/t11-/m0/s1. The highest BCUT2D eigenvalue weighted by Gasteiger charge is 2.08. The van der Waals surface area contributed by atoms with Crippen LogP contribution >= 0.6 is 0 Å². The molecule has 0 aliphatic rings. The van der Waals surface area contributed by atoms with E-state index in [1.807, 2.05) is 19.1 Å². The molecule has 0 aliphatic heterocycles. The fourth-order valence-electron chi connectivity index (χ4n) is 1.92. The Hall–Kier alpha value is -1.81. The molecular weight excluding hydrogens is 182 g/mol. The summed E-state index contributed by atoms with van der Waals surface area (Å²) < 4.78 is 0. The molecule has 0 amide bonds. The van der Waals surface area contributed by atoms with E-state index in [0.29, 0.717) is 0 Å². The van der Waals surface area contributed by atoms with Crippen LogP contribution in [0.1, 0.15) is 24.0 Å². The van der Waals surface area contributed by atoms with Gasteiger partial charge in [-0.3, -0.25) is 0 Å². The van der Waals surface area contributed by atoms with Gasteiger partial charge in [0.1, 0.15) is 0 Å². The minimum atomic E-state index is -0.0458. The van der Waals surface area contributed by atoms with Crippen LogP contribution in [0, 0.1) is 18.3 Å². The van der Waals surface area contributed by atoms with Crippen molar-refractivity contribution in [1.29, 1.82) is 5.26 Å². The molecule has 1 heteroatoms. The molecule has 0 unspecified atom stereocenters. The van der Waals surface area contributed by atoms with Crippen LogP contribution in [0.4, 0.5) is 0 Å². The maximum absolute atomic E-state index is 8.97. The number of benzene rings is 2. The van der Waals surface area contributed by atoms with Crippen LogP contribution in [0.2, 0.25) is 0 Å². The molecule has 2 aromatic carbocycles. The van der Waals surface area contributed by atoms with Crippen LogP contribution in [-0.2, 0) is 0 Å². The smallest absolute Gasteiger partial charge is 0.0701 e. The zero-order chi connectivity index (χ0) is 10.8. The van der Waals surface area contributed by atoms with Gasteiger partial charge in [0.25, 0.3) is 0 Å². The molecule has 0 N–H and O–H groups in total. The minimum absolute atomic E-state index is 0.0458. The van der Waals surface area contributed by atoms with E-state index in [4.69, 9.17) is 5.26 Å². The molecule has 1 nitrogen and oxygen atoms in total. The summed E-state index contributed by atoms with van der Waals surface area (Å²) in [7, 11) is 0. The van der Waals surface area contributed by atoms with E-state index in [1.54, 1.807) is 0 Å². The molecule has 0 saturated heterocycles. The fourth-order valence-corrected chi connectivity index (χ4v) is 1.92. The second-order valence-corrected chi connectivity index (χ2v) is 3.87. The molecule has 0 heterocycles. The third-order valence-corrected chi connectivity index (χ3v) is 2.84. The lowest BCUT2D eigenvalue weighted by Crippen LogP contribution is -1.92. The summed E-state index contributed by atoms with van der Waals surface area (Å²) >= 11 is 0. The number of hydrogen-bond acceptors (Lipinski definition) is 1. The van der Waals surface area contributed by atoms with E-state index >= 15 is 0 Å². The summed E-state index contributed by atoms with van der Waals surface area (Å²) in [5, 5.41) is 11.4. The van der Waals surface area contributed by atoms with Crippen LogP contribution in [0.25, 0.3) is 10.8 Å². The first kappa shape index (κ1) is 9.73. The second-order valence-electron chi connectivity index (χ2n) is 3.87. The van der Waals surface area contributed by atoms with Crippen LogP contribution in [0.15, 0.2) is 36.4 Å². The average Bonchev–Trinajstić information content (AvgIpc) is 2.29. The van der Waals surface area contributed by atoms with E-state index in [-0.39, 0.29) is 5.92 Å². The van der Waals surface area contributed by atoms with Gasteiger partial charge < -0.3 is 0 Å². The number of rotatable bonds is 1. The summed E-state index contributed by atoms with van der Waals surface area (Å²) in [6.07, 6.45) is 0. The Kier molecular flexibility index (Phi) is 2.43. The lowest BCUT2D eigenvalue weighted by atomic mass is 9.93. The van der Waals surface area contributed by atoms with Crippen molar-refractivity contribution in [2.24, 2.45) is 0 Å².